The van der Waals surface area contributed by atoms with Gasteiger partial charge < -0.3 is 19.3 Å². The minimum absolute atomic E-state index is 0.204. The monoisotopic (exact) mass is 282 g/mol. The number of hydrogen-bond donors (Lipinski definition) is 0. The third kappa shape index (κ3) is 3.53. The molecule has 0 unspecified atom stereocenters. The molecule has 4 nitrogen and oxygen atoms in total. The van der Waals surface area contributed by atoms with Gasteiger partial charge in [-0.05, 0) is 45.8 Å². The molecule has 0 aromatic heterocycles. The van der Waals surface area contributed by atoms with Crippen LogP contribution in [0.4, 0.5) is 0 Å². The molecular formula is C16H30N2O2. The number of nitrogens with zero attached hydrogens (tertiary/aromatic N) is 2. The molecule has 3 rings (SSSR count). The van der Waals surface area contributed by atoms with Gasteiger partial charge in [0, 0.05) is 32.0 Å². The van der Waals surface area contributed by atoms with Crippen LogP contribution in [0.5, 0.6) is 0 Å². The Bertz CT molecular complexity index is 289. The van der Waals surface area contributed by atoms with Crippen LogP contribution in [-0.4, -0.2) is 68.1 Å². The Morgan fingerprint density at radius 3 is 2.35 bits per heavy atom. The van der Waals surface area contributed by atoms with Crippen LogP contribution >= 0.6 is 0 Å². The summed E-state index contributed by atoms with van der Waals surface area (Å²) in [5.41, 5.74) is 0. The van der Waals surface area contributed by atoms with E-state index in [2.05, 4.69) is 16.8 Å². The summed E-state index contributed by atoms with van der Waals surface area (Å²) in [5, 5.41) is 0. The van der Waals surface area contributed by atoms with E-state index < -0.39 is 0 Å². The van der Waals surface area contributed by atoms with Crippen molar-refractivity contribution in [3.8, 4) is 0 Å². The van der Waals surface area contributed by atoms with Gasteiger partial charge in [-0.15, -0.1) is 0 Å². The van der Waals surface area contributed by atoms with Crippen molar-refractivity contribution in [3.63, 3.8) is 0 Å². The first-order chi connectivity index (χ1) is 9.77. The van der Waals surface area contributed by atoms with Crippen molar-refractivity contribution in [1.82, 2.24) is 9.80 Å². The number of ether oxygens (including phenoxy) is 2. The standard InChI is InChI=1S/C16H30N2O2/c1-17(11-12-18-9-3-2-4-10-18)15-5-7-16(8-6-15)19-13-14-20-16/h15H,2-14H2,1H3. The van der Waals surface area contributed by atoms with Gasteiger partial charge in [-0.3, -0.25) is 0 Å². The molecule has 0 atom stereocenters. The van der Waals surface area contributed by atoms with E-state index in [1.807, 2.05) is 0 Å². The first kappa shape index (κ1) is 14.8. The number of likely N-dealkylation sites (N-methyl/N-ethyl adjacent to an activating group) is 1. The van der Waals surface area contributed by atoms with E-state index >= 15 is 0 Å². The third-order valence-electron chi connectivity index (χ3n) is 5.37. The molecule has 0 aromatic rings. The Labute approximate surface area is 123 Å². The zero-order valence-electron chi connectivity index (χ0n) is 13.0. The lowest BCUT2D eigenvalue weighted by atomic mass is 9.89. The summed E-state index contributed by atoms with van der Waals surface area (Å²) in [7, 11) is 2.29. The molecule has 2 heterocycles. The summed E-state index contributed by atoms with van der Waals surface area (Å²) < 4.78 is 11.6. The molecule has 0 radical (unpaired) electrons. The van der Waals surface area contributed by atoms with E-state index in [0.717, 1.165) is 32.1 Å². The van der Waals surface area contributed by atoms with Crippen LogP contribution in [0.1, 0.15) is 44.9 Å². The molecule has 0 aromatic carbocycles. The van der Waals surface area contributed by atoms with Gasteiger partial charge in [0.15, 0.2) is 5.79 Å². The van der Waals surface area contributed by atoms with Crippen molar-refractivity contribution < 1.29 is 9.47 Å². The highest BCUT2D eigenvalue weighted by Crippen LogP contribution is 2.36. The van der Waals surface area contributed by atoms with Crippen LogP contribution in [-0.2, 0) is 9.47 Å². The number of piperidine rings is 1. The third-order valence-corrected chi connectivity index (χ3v) is 5.37. The summed E-state index contributed by atoms with van der Waals surface area (Å²) in [4.78, 5) is 5.20. The normalized spacial score (nSPS) is 28.5. The van der Waals surface area contributed by atoms with E-state index in [9.17, 15) is 0 Å². The summed E-state index contributed by atoms with van der Waals surface area (Å²) >= 11 is 0. The highest BCUT2D eigenvalue weighted by Gasteiger charge is 2.40. The van der Waals surface area contributed by atoms with E-state index in [1.165, 1.54) is 58.3 Å². The fourth-order valence-electron chi connectivity index (χ4n) is 3.93. The molecule has 116 valence electrons. The fourth-order valence-corrected chi connectivity index (χ4v) is 3.93. The zero-order chi connectivity index (χ0) is 13.8. The molecule has 1 spiro atoms. The maximum absolute atomic E-state index is 5.82. The maximum Gasteiger partial charge on any atom is 0.168 e. The largest absolute Gasteiger partial charge is 0.348 e. The van der Waals surface area contributed by atoms with Gasteiger partial charge in [0.1, 0.15) is 0 Å². The minimum Gasteiger partial charge on any atom is -0.348 e. The molecule has 0 N–H and O–H groups in total. The van der Waals surface area contributed by atoms with Gasteiger partial charge >= 0.3 is 0 Å². The summed E-state index contributed by atoms with van der Waals surface area (Å²) in [6, 6.07) is 0.721. The Morgan fingerprint density at radius 2 is 1.70 bits per heavy atom. The highest BCUT2D eigenvalue weighted by atomic mass is 16.7. The van der Waals surface area contributed by atoms with Crippen molar-refractivity contribution in [2.75, 3.05) is 46.4 Å². The van der Waals surface area contributed by atoms with Crippen molar-refractivity contribution in [2.45, 2.75) is 56.8 Å². The predicted molar refractivity (Wildman–Crippen MR) is 79.8 cm³/mol. The molecule has 0 amide bonds. The van der Waals surface area contributed by atoms with Crippen LogP contribution in [0.2, 0.25) is 0 Å². The molecule has 3 fully saturated rings. The fraction of sp³-hybridized carbons (Fsp3) is 1.00. The summed E-state index contributed by atoms with van der Waals surface area (Å²) in [5.74, 6) is -0.204. The average Bonchev–Trinajstić information content (AvgIpc) is 2.95. The predicted octanol–water partition coefficient (Wildman–Crippen LogP) is 2.09. The van der Waals surface area contributed by atoms with E-state index in [4.69, 9.17) is 9.47 Å². The average molecular weight is 282 g/mol. The van der Waals surface area contributed by atoms with Crippen LogP contribution in [0.3, 0.4) is 0 Å². The van der Waals surface area contributed by atoms with E-state index in [0.29, 0.717) is 0 Å². The first-order valence-corrected chi connectivity index (χ1v) is 8.48. The minimum atomic E-state index is -0.204. The molecule has 1 aliphatic carbocycles. The topological polar surface area (TPSA) is 24.9 Å². The lowest BCUT2D eigenvalue weighted by Crippen LogP contribution is -2.45. The van der Waals surface area contributed by atoms with Gasteiger partial charge in [0.25, 0.3) is 0 Å². The molecule has 2 aliphatic heterocycles. The number of likely N-dealkylation sites (tertiary alicyclic amines) is 1. The Morgan fingerprint density at radius 1 is 1.05 bits per heavy atom. The van der Waals surface area contributed by atoms with Gasteiger partial charge in [0.05, 0.1) is 13.2 Å². The van der Waals surface area contributed by atoms with E-state index in [-0.39, 0.29) is 5.79 Å². The van der Waals surface area contributed by atoms with E-state index in [1.54, 1.807) is 0 Å². The van der Waals surface area contributed by atoms with Crippen molar-refractivity contribution >= 4 is 0 Å². The Kier molecular flexibility index (Phi) is 4.97. The lowest BCUT2D eigenvalue weighted by molar-refractivity contribution is -0.183. The zero-order valence-corrected chi connectivity index (χ0v) is 13.0. The van der Waals surface area contributed by atoms with Crippen molar-refractivity contribution in [2.24, 2.45) is 0 Å². The van der Waals surface area contributed by atoms with Gasteiger partial charge in [-0.2, -0.15) is 0 Å². The molecule has 3 aliphatic rings. The van der Waals surface area contributed by atoms with Gasteiger partial charge in [-0.25, -0.2) is 0 Å². The van der Waals surface area contributed by atoms with Crippen LogP contribution < -0.4 is 0 Å². The molecule has 20 heavy (non-hydrogen) atoms. The van der Waals surface area contributed by atoms with Crippen LogP contribution in [0.25, 0.3) is 0 Å². The van der Waals surface area contributed by atoms with Crippen molar-refractivity contribution in [3.05, 3.63) is 0 Å². The second-order valence-corrected chi connectivity index (χ2v) is 6.72. The molecular weight excluding hydrogens is 252 g/mol. The second kappa shape index (κ2) is 6.73. The first-order valence-electron chi connectivity index (χ1n) is 8.48. The number of rotatable bonds is 4. The smallest absolute Gasteiger partial charge is 0.168 e. The molecule has 2 saturated heterocycles. The maximum atomic E-state index is 5.82. The molecule has 0 bridgehead atoms. The Hall–Kier alpha value is -0.160. The van der Waals surface area contributed by atoms with Crippen LogP contribution in [0, 0.1) is 0 Å². The Balaban J connectivity index is 1.38. The lowest BCUT2D eigenvalue weighted by Gasteiger charge is -2.39. The second-order valence-electron chi connectivity index (χ2n) is 6.72. The summed E-state index contributed by atoms with van der Waals surface area (Å²) in [6.07, 6.45) is 8.80. The highest BCUT2D eigenvalue weighted by molar-refractivity contribution is 4.86. The van der Waals surface area contributed by atoms with Crippen molar-refractivity contribution in [1.29, 1.82) is 0 Å². The SMILES string of the molecule is CN(CCN1CCCCC1)C1CCC2(CC1)OCCO2. The number of hydrogen-bond acceptors (Lipinski definition) is 4. The van der Waals surface area contributed by atoms with Gasteiger partial charge in [-0.1, -0.05) is 6.42 Å². The van der Waals surface area contributed by atoms with Gasteiger partial charge in [0.2, 0.25) is 0 Å². The molecule has 4 heteroatoms. The van der Waals surface area contributed by atoms with Crippen LogP contribution in [0.15, 0.2) is 0 Å². The summed E-state index contributed by atoms with van der Waals surface area (Å²) in [6.45, 7) is 6.64. The quantitative estimate of drug-likeness (QED) is 0.788. The molecule has 1 saturated carbocycles.